The maximum absolute atomic E-state index is 13.5. The van der Waals surface area contributed by atoms with Crippen LogP contribution in [0.1, 0.15) is 64.0 Å². The Morgan fingerprint density at radius 1 is 1.33 bits per heavy atom. The number of aromatic nitrogens is 3. The first-order valence-corrected chi connectivity index (χ1v) is 18.4. The normalized spacial score (nSPS) is 20.2. The van der Waals surface area contributed by atoms with Gasteiger partial charge in [-0.1, -0.05) is 23.1 Å². The molecule has 1 saturated heterocycles. The van der Waals surface area contributed by atoms with Gasteiger partial charge in [-0.05, 0) is 69.7 Å². The Morgan fingerprint density at radius 3 is 2.65 bits per heavy atom. The van der Waals surface area contributed by atoms with Crippen LogP contribution in [-0.2, 0) is 53.8 Å². The lowest BCUT2D eigenvalue weighted by Crippen LogP contribution is -2.76. The van der Waals surface area contributed by atoms with Crippen molar-refractivity contribution in [3.05, 3.63) is 53.1 Å². The molecule has 2 aliphatic rings. The first-order valence-electron chi connectivity index (χ1n) is 16.2. The van der Waals surface area contributed by atoms with E-state index in [9.17, 15) is 33.0 Å². The van der Waals surface area contributed by atoms with Crippen molar-refractivity contribution in [3.8, 4) is 16.9 Å². The van der Waals surface area contributed by atoms with Crippen molar-refractivity contribution in [2.75, 3.05) is 5.73 Å². The van der Waals surface area contributed by atoms with E-state index >= 15 is 0 Å². The van der Waals surface area contributed by atoms with Crippen LogP contribution in [0.15, 0.2) is 41.1 Å². The third-order valence-electron chi connectivity index (χ3n) is 9.07. The van der Waals surface area contributed by atoms with Crippen molar-refractivity contribution in [1.29, 1.82) is 0 Å². The first-order chi connectivity index (χ1) is 24.3. The number of β-lactam (4-membered cyclic amide) rings is 1. The third-order valence-corrected chi connectivity index (χ3v) is 10.1. The number of anilines is 1. The van der Waals surface area contributed by atoms with Gasteiger partial charge >= 0.3 is 16.4 Å². The van der Waals surface area contributed by atoms with Crippen LogP contribution in [0, 0.1) is 0 Å². The Bertz CT molecular complexity index is 2020. The van der Waals surface area contributed by atoms with E-state index in [1.54, 1.807) is 12.3 Å². The number of oxime groups is 1. The second-order valence-electron chi connectivity index (χ2n) is 13.1. The fraction of sp³-hybridized carbons (Fsp3) is 0.469. The lowest BCUT2D eigenvalue weighted by Gasteiger charge is -2.50. The van der Waals surface area contributed by atoms with E-state index in [4.69, 9.17) is 19.9 Å². The van der Waals surface area contributed by atoms with Crippen LogP contribution in [0.25, 0.3) is 11.1 Å². The van der Waals surface area contributed by atoms with Crippen molar-refractivity contribution >= 4 is 50.4 Å². The fourth-order valence-electron chi connectivity index (χ4n) is 5.79. The molecule has 0 radical (unpaired) electrons. The van der Waals surface area contributed by atoms with Crippen molar-refractivity contribution in [2.45, 2.75) is 89.2 Å². The number of nitrogens with two attached hydrogens (primary N) is 1. The number of rotatable bonds is 14. The molecule has 0 unspecified atom stereocenters. The maximum atomic E-state index is 13.5. The predicted molar refractivity (Wildman–Crippen MR) is 184 cm³/mol. The molecule has 0 saturated carbocycles. The molecule has 1 aromatic carbocycles. The highest BCUT2D eigenvalue weighted by Gasteiger charge is 2.58. The Kier molecular flexibility index (Phi) is 10.9. The van der Waals surface area contributed by atoms with Crippen molar-refractivity contribution in [3.63, 3.8) is 0 Å². The summed E-state index contributed by atoms with van der Waals surface area (Å²) in [5.74, 6) is -2.17. The molecule has 52 heavy (non-hydrogen) atoms. The smallest absolute Gasteiger partial charge is 0.418 e. The predicted octanol–water partition coefficient (Wildman–Crippen LogP) is 1.11. The van der Waals surface area contributed by atoms with E-state index in [1.165, 1.54) is 26.2 Å². The SMILES string of the molecule is CC[C@H](O)CCc1ncc(-c2ccc3c(c2)CC[C@H]([C@](C)(O/N=C(\C(=O)N[C@@H]2C(=O)N(OS(=O)(=O)O)C2(C)C)c2csc(N)n2)C(=O)O)O3)c[n+]1C. The summed E-state index contributed by atoms with van der Waals surface area (Å²) in [6.45, 7) is 5.93. The molecule has 4 heterocycles. The number of hydrogen-bond donors (Lipinski definition) is 5. The van der Waals surface area contributed by atoms with Crippen molar-refractivity contribution in [1.82, 2.24) is 20.3 Å². The molecule has 6 N–H and O–H groups in total. The number of nitrogen functional groups attached to an aromatic ring is 1. The third kappa shape index (κ3) is 7.99. The molecule has 0 aliphatic carbocycles. The second-order valence-corrected chi connectivity index (χ2v) is 15.0. The molecule has 0 bridgehead atoms. The van der Waals surface area contributed by atoms with Crippen LogP contribution < -0.4 is 20.4 Å². The number of aryl methyl sites for hydroxylation is 3. The number of nitrogens with zero attached hydrogens (tertiary/aromatic N) is 5. The van der Waals surface area contributed by atoms with E-state index in [-0.39, 0.29) is 23.4 Å². The molecule has 2 aliphatic heterocycles. The second kappa shape index (κ2) is 14.7. The zero-order chi connectivity index (χ0) is 38.2. The molecule has 1 fully saturated rings. The van der Waals surface area contributed by atoms with Gasteiger partial charge in [-0.2, -0.15) is 13.5 Å². The van der Waals surface area contributed by atoms with E-state index in [1.807, 2.05) is 36.9 Å². The largest absolute Gasteiger partial charge is 0.485 e. The number of thiazole rings is 1. The molecule has 280 valence electrons. The minimum absolute atomic E-state index is 0.0585. The Balaban J connectivity index is 1.34. The number of carboxylic acid groups (broad SMARTS) is 1. The minimum atomic E-state index is -5.03. The average Bonchev–Trinajstić information content (AvgIpc) is 3.53. The quantitative estimate of drug-likeness (QED) is 0.0507. The van der Waals surface area contributed by atoms with Crippen molar-refractivity contribution in [2.24, 2.45) is 12.2 Å². The zero-order valence-corrected chi connectivity index (χ0v) is 30.6. The summed E-state index contributed by atoms with van der Waals surface area (Å²) in [6.07, 6.45) is 4.84. The van der Waals surface area contributed by atoms with Crippen LogP contribution in [0.5, 0.6) is 5.75 Å². The molecule has 0 spiro atoms. The molecule has 18 nitrogen and oxygen atoms in total. The topological polar surface area (TPSA) is 257 Å². The Labute approximate surface area is 303 Å². The van der Waals surface area contributed by atoms with Gasteiger partial charge in [0.25, 0.3) is 23.2 Å². The summed E-state index contributed by atoms with van der Waals surface area (Å²) in [4.78, 5) is 53.1. The molecule has 5 rings (SSSR count). The van der Waals surface area contributed by atoms with Gasteiger partial charge in [-0.25, -0.2) is 14.3 Å². The summed E-state index contributed by atoms with van der Waals surface area (Å²) in [6, 6.07) is 4.17. The molecule has 4 atom stereocenters. The van der Waals surface area contributed by atoms with Gasteiger partial charge in [0.05, 0.1) is 30.7 Å². The number of aliphatic hydroxyl groups excluding tert-OH is 1. The average molecular weight is 763 g/mol. The fourth-order valence-corrected chi connectivity index (χ4v) is 6.80. The minimum Gasteiger partial charge on any atom is -0.485 e. The van der Waals surface area contributed by atoms with Crippen LogP contribution >= 0.6 is 11.3 Å². The van der Waals surface area contributed by atoms with Crippen LogP contribution in [0.2, 0.25) is 0 Å². The summed E-state index contributed by atoms with van der Waals surface area (Å²) < 4.78 is 43.8. The number of carbonyl (C=O) groups is 3. The highest BCUT2D eigenvalue weighted by molar-refractivity contribution is 7.80. The van der Waals surface area contributed by atoms with Gasteiger partial charge < -0.3 is 30.8 Å². The zero-order valence-electron chi connectivity index (χ0n) is 29.0. The molecular formula is C32H40N7O11S2+. The number of fused-ring (bicyclic) bond motifs is 1. The highest BCUT2D eigenvalue weighted by atomic mass is 32.3. The Morgan fingerprint density at radius 2 is 2.06 bits per heavy atom. The molecular weight excluding hydrogens is 723 g/mol. The molecule has 3 aromatic rings. The van der Waals surface area contributed by atoms with Gasteiger partial charge in [0.15, 0.2) is 23.1 Å². The summed E-state index contributed by atoms with van der Waals surface area (Å²) >= 11 is 0.966. The van der Waals surface area contributed by atoms with E-state index in [0.29, 0.717) is 36.5 Å². The van der Waals surface area contributed by atoms with Gasteiger partial charge in [0.1, 0.15) is 23.7 Å². The van der Waals surface area contributed by atoms with Crippen molar-refractivity contribution < 1.29 is 56.0 Å². The number of nitrogens with one attached hydrogen (secondary N) is 1. The number of carboxylic acids is 1. The number of aliphatic carboxylic acids is 1. The van der Waals surface area contributed by atoms with E-state index < -0.39 is 57.2 Å². The lowest BCUT2D eigenvalue weighted by molar-refractivity contribution is -0.682. The summed E-state index contributed by atoms with van der Waals surface area (Å²) in [5, 5.41) is 28.4. The van der Waals surface area contributed by atoms with E-state index in [2.05, 4.69) is 24.7 Å². The molecule has 2 aromatic heterocycles. The number of ether oxygens (including phenoxy) is 1. The van der Waals surface area contributed by atoms with Gasteiger partial charge in [-0.15, -0.1) is 15.6 Å². The number of amides is 2. The standard InChI is InChI=1S/C32H39N7O11S2/c1-6-20(40)9-12-24-34-14-19(15-38(24)5)17-7-10-22-18(13-17)8-11-23(48-22)32(4,29(43)44)49-37-25(21-16-51-30(33)35-21)27(41)36-26-28(42)39(31(26,2)3)50-52(45,46)47/h7,10,13-16,20,23,26,40H,6,8-9,11-12H2,1-5H3,(H4-,33,35,36,41,43,44,45,46,47)/p+1/b37-25-/t20-,23+,26+,32-/m0/s1. The summed E-state index contributed by atoms with van der Waals surface area (Å²) in [5.41, 5.74) is 4.19. The maximum Gasteiger partial charge on any atom is 0.418 e. The van der Waals surface area contributed by atoms with Crippen LogP contribution in [-0.4, -0.2) is 91.1 Å². The monoisotopic (exact) mass is 762 g/mol. The number of hydroxylamine groups is 2. The Hall–Kier alpha value is -4.76. The number of aliphatic hydroxyl groups is 1. The number of hydrogen-bond acceptors (Lipinski definition) is 14. The van der Waals surface area contributed by atoms with Gasteiger partial charge in [0.2, 0.25) is 0 Å². The highest BCUT2D eigenvalue weighted by Crippen LogP contribution is 2.37. The number of benzene rings is 1. The van der Waals surface area contributed by atoms with Gasteiger partial charge in [-0.3, -0.25) is 14.1 Å². The molecule has 20 heteroatoms. The number of carbonyl (C=O) groups excluding carboxylic acids is 2. The van der Waals surface area contributed by atoms with E-state index in [0.717, 1.165) is 33.9 Å². The lowest BCUT2D eigenvalue weighted by atomic mass is 9.84. The van der Waals surface area contributed by atoms with Crippen LogP contribution in [0.4, 0.5) is 5.13 Å². The van der Waals surface area contributed by atoms with Crippen LogP contribution in [0.3, 0.4) is 0 Å². The summed E-state index contributed by atoms with van der Waals surface area (Å²) in [7, 11) is -3.14. The molecule has 2 amide bonds. The van der Waals surface area contributed by atoms with Gasteiger partial charge in [0, 0.05) is 5.38 Å². The first kappa shape index (κ1) is 38.5.